The number of hydrogen-bond donors (Lipinski definition) is 1. The fourth-order valence-corrected chi connectivity index (χ4v) is 4.63. The number of carbonyl (C=O) groups excluding carboxylic acids is 2. The fraction of sp³-hybridized carbons (Fsp3) is 0.250. The Morgan fingerprint density at radius 2 is 1.61 bits per heavy atom. The SMILES string of the molecule is O=C(COC(=O)c1c2c(nc3ccccc13)CCCCCC2)Nc1ccc2ccccc2c1. The summed E-state index contributed by atoms with van der Waals surface area (Å²) in [4.78, 5) is 30.6. The topological polar surface area (TPSA) is 68.3 Å². The lowest BCUT2D eigenvalue weighted by atomic mass is 9.91. The van der Waals surface area contributed by atoms with Crippen molar-refractivity contribution in [1.82, 2.24) is 4.98 Å². The van der Waals surface area contributed by atoms with Gasteiger partial charge in [0, 0.05) is 16.8 Å². The Morgan fingerprint density at radius 3 is 2.48 bits per heavy atom. The van der Waals surface area contributed by atoms with Gasteiger partial charge in [-0.25, -0.2) is 4.79 Å². The van der Waals surface area contributed by atoms with Crippen molar-refractivity contribution in [1.29, 1.82) is 0 Å². The summed E-state index contributed by atoms with van der Waals surface area (Å²) in [6.45, 7) is -0.336. The summed E-state index contributed by atoms with van der Waals surface area (Å²) in [5, 5.41) is 5.76. The van der Waals surface area contributed by atoms with Gasteiger partial charge >= 0.3 is 5.97 Å². The Hall–Kier alpha value is -3.73. The van der Waals surface area contributed by atoms with E-state index in [2.05, 4.69) is 5.32 Å². The van der Waals surface area contributed by atoms with Crippen molar-refractivity contribution in [3.05, 3.63) is 83.6 Å². The molecule has 4 aromatic rings. The summed E-state index contributed by atoms with van der Waals surface area (Å²) >= 11 is 0. The number of nitrogens with one attached hydrogen (secondary N) is 1. The summed E-state index contributed by atoms with van der Waals surface area (Å²) in [6.07, 6.45) is 6.10. The molecule has 5 rings (SSSR count). The maximum absolute atomic E-state index is 13.2. The molecule has 0 bridgehead atoms. The first-order valence-corrected chi connectivity index (χ1v) is 11.6. The van der Waals surface area contributed by atoms with Crippen LogP contribution in [0.1, 0.15) is 47.3 Å². The second-order valence-corrected chi connectivity index (χ2v) is 8.53. The number of para-hydroxylation sites is 1. The number of hydrogen-bond acceptors (Lipinski definition) is 4. The Balaban J connectivity index is 1.36. The number of esters is 1. The lowest BCUT2D eigenvalue weighted by molar-refractivity contribution is -0.119. The zero-order chi connectivity index (χ0) is 22.6. The van der Waals surface area contributed by atoms with Crippen LogP contribution in [0.4, 0.5) is 5.69 Å². The number of rotatable bonds is 4. The lowest BCUT2D eigenvalue weighted by Gasteiger charge is -2.18. The minimum Gasteiger partial charge on any atom is -0.452 e. The van der Waals surface area contributed by atoms with E-state index in [1.807, 2.05) is 66.7 Å². The first-order chi connectivity index (χ1) is 16.2. The van der Waals surface area contributed by atoms with Crippen LogP contribution in [0.25, 0.3) is 21.7 Å². The van der Waals surface area contributed by atoms with Crippen molar-refractivity contribution < 1.29 is 14.3 Å². The monoisotopic (exact) mass is 438 g/mol. The molecule has 33 heavy (non-hydrogen) atoms. The molecule has 0 radical (unpaired) electrons. The largest absolute Gasteiger partial charge is 0.452 e. The van der Waals surface area contributed by atoms with Crippen LogP contribution < -0.4 is 5.32 Å². The molecule has 0 aliphatic heterocycles. The number of amides is 1. The van der Waals surface area contributed by atoms with Gasteiger partial charge in [-0.3, -0.25) is 9.78 Å². The molecule has 5 nitrogen and oxygen atoms in total. The zero-order valence-electron chi connectivity index (χ0n) is 18.5. The van der Waals surface area contributed by atoms with Gasteiger partial charge in [-0.15, -0.1) is 0 Å². The third kappa shape index (κ3) is 4.58. The highest BCUT2D eigenvalue weighted by Crippen LogP contribution is 2.29. The van der Waals surface area contributed by atoms with E-state index in [9.17, 15) is 9.59 Å². The van der Waals surface area contributed by atoms with E-state index in [0.717, 1.165) is 65.0 Å². The number of benzene rings is 3. The first kappa shape index (κ1) is 21.1. The molecule has 0 saturated heterocycles. The van der Waals surface area contributed by atoms with Gasteiger partial charge in [-0.05, 0) is 60.2 Å². The normalized spacial score (nSPS) is 13.7. The molecule has 0 spiro atoms. The highest BCUT2D eigenvalue weighted by atomic mass is 16.5. The van der Waals surface area contributed by atoms with Crippen LogP contribution in [0.2, 0.25) is 0 Å². The van der Waals surface area contributed by atoms with Crippen molar-refractivity contribution in [2.75, 3.05) is 11.9 Å². The number of anilines is 1. The van der Waals surface area contributed by atoms with E-state index >= 15 is 0 Å². The van der Waals surface area contributed by atoms with Crippen LogP contribution in [0.5, 0.6) is 0 Å². The third-order valence-corrected chi connectivity index (χ3v) is 6.24. The van der Waals surface area contributed by atoms with Crippen LogP contribution in [0.15, 0.2) is 66.7 Å². The minimum atomic E-state index is -0.459. The molecule has 1 aliphatic rings. The van der Waals surface area contributed by atoms with Gasteiger partial charge in [0.2, 0.25) is 0 Å². The summed E-state index contributed by atoms with van der Waals surface area (Å²) < 4.78 is 5.52. The van der Waals surface area contributed by atoms with Crippen LogP contribution in [-0.4, -0.2) is 23.5 Å². The average Bonchev–Trinajstić information content (AvgIpc) is 2.82. The van der Waals surface area contributed by atoms with E-state index in [-0.39, 0.29) is 12.5 Å². The number of pyridine rings is 1. The molecular formula is C28H26N2O3. The molecule has 1 heterocycles. The van der Waals surface area contributed by atoms with E-state index in [1.54, 1.807) is 0 Å². The van der Waals surface area contributed by atoms with Crippen molar-refractivity contribution in [3.8, 4) is 0 Å². The Bertz CT molecular complexity index is 1350. The van der Waals surface area contributed by atoms with Gasteiger partial charge < -0.3 is 10.1 Å². The highest BCUT2D eigenvalue weighted by molar-refractivity contribution is 6.06. The summed E-state index contributed by atoms with van der Waals surface area (Å²) in [6, 6.07) is 21.3. The van der Waals surface area contributed by atoms with Crippen molar-refractivity contribution >= 4 is 39.2 Å². The maximum Gasteiger partial charge on any atom is 0.339 e. The molecule has 1 amide bonds. The predicted octanol–water partition coefficient (Wildman–Crippen LogP) is 5.84. The molecule has 1 aliphatic carbocycles. The number of fused-ring (bicyclic) bond motifs is 3. The molecule has 3 aromatic carbocycles. The fourth-order valence-electron chi connectivity index (χ4n) is 4.63. The number of nitrogens with zero attached hydrogens (tertiary/aromatic N) is 1. The average molecular weight is 439 g/mol. The van der Waals surface area contributed by atoms with E-state index in [4.69, 9.17) is 9.72 Å². The van der Waals surface area contributed by atoms with Gasteiger partial charge in [0.15, 0.2) is 6.61 Å². The standard InChI is InChI=1S/C28H26N2O3/c31-26(29-21-16-15-19-9-5-6-10-20(19)17-21)18-33-28(32)27-22-11-3-1-2-4-13-24(22)30-25-14-8-7-12-23(25)27/h5-10,12,14-17H,1-4,11,13,18H2,(H,29,31). The Morgan fingerprint density at radius 1 is 0.848 bits per heavy atom. The van der Waals surface area contributed by atoms with Crippen molar-refractivity contribution in [3.63, 3.8) is 0 Å². The van der Waals surface area contributed by atoms with Crippen LogP contribution in [0, 0.1) is 0 Å². The lowest BCUT2D eigenvalue weighted by Crippen LogP contribution is -2.22. The maximum atomic E-state index is 13.2. The summed E-state index contributed by atoms with van der Waals surface area (Å²) in [7, 11) is 0. The molecular weight excluding hydrogens is 412 g/mol. The van der Waals surface area contributed by atoms with E-state index in [1.165, 1.54) is 6.42 Å². The molecule has 1 aromatic heterocycles. The smallest absolute Gasteiger partial charge is 0.339 e. The molecule has 0 saturated carbocycles. The third-order valence-electron chi connectivity index (χ3n) is 6.24. The molecule has 1 N–H and O–H groups in total. The van der Waals surface area contributed by atoms with Crippen molar-refractivity contribution in [2.45, 2.75) is 38.5 Å². The van der Waals surface area contributed by atoms with Crippen molar-refractivity contribution in [2.24, 2.45) is 0 Å². The molecule has 0 atom stereocenters. The zero-order valence-corrected chi connectivity index (χ0v) is 18.5. The van der Waals surface area contributed by atoms with Gasteiger partial charge in [-0.2, -0.15) is 0 Å². The highest BCUT2D eigenvalue weighted by Gasteiger charge is 2.23. The van der Waals surface area contributed by atoms with Crippen LogP contribution in [0.3, 0.4) is 0 Å². The second kappa shape index (κ2) is 9.41. The Kier molecular flexibility index (Phi) is 6.03. The van der Waals surface area contributed by atoms with Gasteiger partial charge in [0.25, 0.3) is 5.91 Å². The Labute approximate surface area is 192 Å². The second-order valence-electron chi connectivity index (χ2n) is 8.53. The first-order valence-electron chi connectivity index (χ1n) is 11.6. The van der Waals surface area contributed by atoms with E-state index in [0.29, 0.717) is 11.3 Å². The minimum absolute atomic E-state index is 0.336. The molecule has 0 unspecified atom stereocenters. The van der Waals surface area contributed by atoms with Crippen LogP contribution >= 0.6 is 0 Å². The number of aromatic nitrogens is 1. The summed E-state index contributed by atoms with van der Waals surface area (Å²) in [5.74, 6) is -0.820. The summed E-state index contributed by atoms with van der Waals surface area (Å²) in [5.41, 5.74) is 4.00. The number of ether oxygens (including phenoxy) is 1. The van der Waals surface area contributed by atoms with E-state index < -0.39 is 5.97 Å². The molecule has 166 valence electrons. The quantitative estimate of drug-likeness (QED) is 0.406. The predicted molar refractivity (Wildman–Crippen MR) is 130 cm³/mol. The molecule has 5 heteroatoms. The van der Waals surface area contributed by atoms with Gasteiger partial charge in [-0.1, -0.05) is 61.4 Å². The van der Waals surface area contributed by atoms with Crippen LogP contribution in [-0.2, 0) is 22.4 Å². The number of carbonyl (C=O) groups is 2. The number of aryl methyl sites for hydroxylation is 1. The van der Waals surface area contributed by atoms with Gasteiger partial charge in [0.05, 0.1) is 11.1 Å². The molecule has 0 fully saturated rings. The van der Waals surface area contributed by atoms with Gasteiger partial charge in [0.1, 0.15) is 0 Å².